The first-order chi connectivity index (χ1) is 4.95. The van der Waals surface area contributed by atoms with Gasteiger partial charge < -0.3 is 0 Å². The van der Waals surface area contributed by atoms with E-state index in [0.717, 1.165) is 19.3 Å². The third kappa shape index (κ3) is 8.29. The lowest BCUT2D eigenvalue weighted by Gasteiger charge is -2.05. The second-order valence-electron chi connectivity index (χ2n) is 2.49. The van der Waals surface area contributed by atoms with Crippen LogP contribution in [0.1, 0.15) is 26.2 Å². The monoisotopic (exact) mass is 244 g/mol. The first-order valence-electron chi connectivity index (χ1n) is 3.55. The quantitative estimate of drug-likeness (QED) is 0.593. The summed E-state index contributed by atoms with van der Waals surface area (Å²) in [6, 6.07) is 0. The molecule has 0 saturated carbocycles. The summed E-state index contributed by atoms with van der Waals surface area (Å²) in [5.74, 6) is -0.188. The summed E-state index contributed by atoms with van der Waals surface area (Å²) in [5, 5.41) is 0. The lowest BCUT2D eigenvalue weighted by atomic mass is 10.2. The molecule has 5 heteroatoms. The van der Waals surface area contributed by atoms with Crippen molar-refractivity contribution in [1.82, 2.24) is 0 Å². The molecule has 0 aliphatic heterocycles. The molecular weight excluding hydrogens is 232 g/mol. The standard InChI is InChI=1S/C6H13BrO3S/c1-2-3-4-6(7)5-11(8,9)10/h6H,2-5H2,1H3,(H,8,9,10). The smallest absolute Gasteiger partial charge is 0.265 e. The topological polar surface area (TPSA) is 54.4 Å². The van der Waals surface area contributed by atoms with E-state index in [2.05, 4.69) is 15.9 Å². The molecule has 0 radical (unpaired) electrons. The fourth-order valence-electron chi connectivity index (χ4n) is 0.737. The SMILES string of the molecule is CCCCC(Br)CS(=O)(=O)O. The van der Waals surface area contributed by atoms with Crippen molar-refractivity contribution in [3.8, 4) is 0 Å². The van der Waals surface area contributed by atoms with Crippen LogP contribution in [0.3, 0.4) is 0 Å². The molecule has 68 valence electrons. The third-order valence-corrected chi connectivity index (χ3v) is 3.30. The van der Waals surface area contributed by atoms with E-state index in [0.29, 0.717) is 0 Å². The zero-order chi connectivity index (χ0) is 8.91. The maximum Gasteiger partial charge on any atom is 0.265 e. The van der Waals surface area contributed by atoms with Gasteiger partial charge in [-0.15, -0.1) is 0 Å². The Balaban J connectivity index is 3.61. The van der Waals surface area contributed by atoms with E-state index >= 15 is 0 Å². The van der Waals surface area contributed by atoms with Crippen molar-refractivity contribution >= 4 is 26.0 Å². The summed E-state index contributed by atoms with van der Waals surface area (Å²) in [7, 11) is -3.80. The Kier molecular flexibility index (Phi) is 5.29. The van der Waals surface area contributed by atoms with Gasteiger partial charge in [0.15, 0.2) is 0 Å². The predicted octanol–water partition coefficient (Wildman–Crippen LogP) is 1.83. The van der Waals surface area contributed by atoms with Gasteiger partial charge in [0.2, 0.25) is 0 Å². The van der Waals surface area contributed by atoms with Crippen molar-refractivity contribution in [3.63, 3.8) is 0 Å². The van der Waals surface area contributed by atoms with Gasteiger partial charge >= 0.3 is 0 Å². The molecule has 1 N–H and O–H groups in total. The van der Waals surface area contributed by atoms with Crippen molar-refractivity contribution in [2.24, 2.45) is 0 Å². The second-order valence-corrected chi connectivity index (χ2v) is 5.28. The number of hydrogen-bond donors (Lipinski definition) is 1. The van der Waals surface area contributed by atoms with Crippen LogP contribution >= 0.6 is 15.9 Å². The lowest BCUT2D eigenvalue weighted by molar-refractivity contribution is 0.480. The van der Waals surface area contributed by atoms with Gasteiger partial charge in [-0.3, -0.25) is 4.55 Å². The third-order valence-electron chi connectivity index (χ3n) is 1.26. The summed E-state index contributed by atoms with van der Waals surface area (Å²) in [5.41, 5.74) is 0. The molecule has 1 atom stereocenters. The van der Waals surface area contributed by atoms with Gasteiger partial charge in [-0.25, -0.2) is 0 Å². The summed E-state index contributed by atoms with van der Waals surface area (Å²) < 4.78 is 29.1. The molecule has 0 aromatic heterocycles. The molecule has 0 saturated heterocycles. The zero-order valence-corrected chi connectivity index (χ0v) is 8.86. The molecule has 0 rings (SSSR count). The zero-order valence-electron chi connectivity index (χ0n) is 6.46. The van der Waals surface area contributed by atoms with Gasteiger partial charge in [-0.1, -0.05) is 35.7 Å². The van der Waals surface area contributed by atoms with Crippen LogP contribution in [0.4, 0.5) is 0 Å². The number of halogens is 1. The highest BCUT2D eigenvalue weighted by molar-refractivity contribution is 9.09. The molecule has 0 aliphatic carbocycles. The summed E-state index contributed by atoms with van der Waals surface area (Å²) in [4.78, 5) is -0.113. The lowest BCUT2D eigenvalue weighted by Crippen LogP contribution is -2.14. The van der Waals surface area contributed by atoms with Crippen LogP contribution in [0, 0.1) is 0 Å². The normalized spacial score (nSPS) is 14.8. The van der Waals surface area contributed by atoms with Crippen molar-refractivity contribution in [2.75, 3.05) is 5.75 Å². The Morgan fingerprint density at radius 3 is 2.45 bits per heavy atom. The Hall–Kier alpha value is 0.390. The molecule has 0 spiro atoms. The first-order valence-corrected chi connectivity index (χ1v) is 6.07. The van der Waals surface area contributed by atoms with E-state index in [1.807, 2.05) is 6.92 Å². The first kappa shape index (κ1) is 11.4. The van der Waals surface area contributed by atoms with Crippen LogP contribution in [0.25, 0.3) is 0 Å². The summed E-state index contributed by atoms with van der Waals surface area (Å²) >= 11 is 3.18. The molecule has 0 heterocycles. The van der Waals surface area contributed by atoms with Crippen molar-refractivity contribution in [3.05, 3.63) is 0 Å². The van der Waals surface area contributed by atoms with Crippen LogP contribution in [-0.4, -0.2) is 23.6 Å². The summed E-state index contributed by atoms with van der Waals surface area (Å²) in [6.07, 6.45) is 2.80. The second kappa shape index (κ2) is 5.11. The Bertz CT molecular complexity index is 188. The van der Waals surface area contributed by atoms with Gasteiger partial charge in [0.25, 0.3) is 10.1 Å². The maximum absolute atomic E-state index is 10.3. The van der Waals surface area contributed by atoms with E-state index in [4.69, 9.17) is 4.55 Å². The van der Waals surface area contributed by atoms with Gasteiger partial charge in [0.05, 0.1) is 5.75 Å². The van der Waals surface area contributed by atoms with Crippen LogP contribution in [-0.2, 0) is 10.1 Å². The Labute approximate surface area is 76.1 Å². The van der Waals surface area contributed by atoms with Crippen molar-refractivity contribution in [1.29, 1.82) is 0 Å². The molecule has 0 aromatic carbocycles. The minimum Gasteiger partial charge on any atom is -0.286 e. The predicted molar refractivity (Wildman–Crippen MR) is 48.7 cm³/mol. The van der Waals surface area contributed by atoms with Gasteiger partial charge in [0, 0.05) is 4.83 Å². The molecule has 0 aromatic rings. The molecule has 0 amide bonds. The van der Waals surface area contributed by atoms with E-state index in [1.54, 1.807) is 0 Å². The number of hydrogen-bond acceptors (Lipinski definition) is 2. The Morgan fingerprint density at radius 2 is 2.09 bits per heavy atom. The van der Waals surface area contributed by atoms with Crippen LogP contribution in [0.2, 0.25) is 0 Å². The average molecular weight is 245 g/mol. The summed E-state index contributed by atoms with van der Waals surface area (Å²) in [6.45, 7) is 2.03. The highest BCUT2D eigenvalue weighted by Gasteiger charge is 2.12. The minimum absolute atomic E-state index is 0.113. The van der Waals surface area contributed by atoms with Crippen molar-refractivity contribution in [2.45, 2.75) is 31.0 Å². The molecule has 0 aliphatic rings. The van der Waals surface area contributed by atoms with E-state index in [1.165, 1.54) is 0 Å². The maximum atomic E-state index is 10.3. The van der Waals surface area contributed by atoms with E-state index < -0.39 is 10.1 Å². The van der Waals surface area contributed by atoms with Crippen LogP contribution in [0.15, 0.2) is 0 Å². The van der Waals surface area contributed by atoms with Gasteiger partial charge in [-0.2, -0.15) is 8.42 Å². The van der Waals surface area contributed by atoms with Crippen LogP contribution < -0.4 is 0 Å². The highest BCUT2D eigenvalue weighted by Crippen LogP contribution is 2.11. The minimum atomic E-state index is -3.80. The van der Waals surface area contributed by atoms with Crippen LogP contribution in [0.5, 0.6) is 0 Å². The molecule has 11 heavy (non-hydrogen) atoms. The average Bonchev–Trinajstić information content (AvgIpc) is 1.79. The molecule has 3 nitrogen and oxygen atoms in total. The number of rotatable bonds is 5. The Morgan fingerprint density at radius 1 is 1.55 bits per heavy atom. The van der Waals surface area contributed by atoms with Gasteiger partial charge in [-0.05, 0) is 6.42 Å². The van der Waals surface area contributed by atoms with Gasteiger partial charge in [0.1, 0.15) is 0 Å². The largest absolute Gasteiger partial charge is 0.286 e. The molecule has 0 bridgehead atoms. The van der Waals surface area contributed by atoms with E-state index in [-0.39, 0.29) is 10.6 Å². The fraction of sp³-hybridized carbons (Fsp3) is 1.00. The molecule has 1 unspecified atom stereocenters. The highest BCUT2D eigenvalue weighted by atomic mass is 79.9. The van der Waals surface area contributed by atoms with E-state index in [9.17, 15) is 8.42 Å². The number of alkyl halides is 1. The fourth-order valence-corrected chi connectivity index (χ4v) is 2.69. The molecular formula is C6H13BrO3S. The number of unbranched alkanes of at least 4 members (excludes halogenated alkanes) is 1. The van der Waals surface area contributed by atoms with Crippen molar-refractivity contribution < 1.29 is 13.0 Å². The molecule has 0 fully saturated rings.